The molecule has 0 spiro atoms. The largest absolute Gasteiger partial charge is 0.336 e. The Morgan fingerprint density at radius 1 is 1.26 bits per heavy atom. The third-order valence-electron chi connectivity index (χ3n) is 5.32. The van der Waals surface area contributed by atoms with Crippen LogP contribution in [-0.4, -0.2) is 33.7 Å². The molecule has 1 fully saturated rings. The first kappa shape index (κ1) is 14.5. The van der Waals surface area contributed by atoms with E-state index in [0.717, 1.165) is 32.5 Å². The molecule has 1 aromatic heterocycles. The van der Waals surface area contributed by atoms with Gasteiger partial charge in [-0.25, -0.2) is 0 Å². The lowest BCUT2D eigenvalue weighted by Gasteiger charge is -2.25. The number of hydrogen-bond donors (Lipinski definition) is 0. The molecular formula is C19H23N3O. The molecule has 3 heterocycles. The summed E-state index contributed by atoms with van der Waals surface area (Å²) in [6, 6.07) is 12.5. The van der Waals surface area contributed by atoms with Gasteiger partial charge >= 0.3 is 0 Å². The Labute approximate surface area is 137 Å². The molecule has 1 atom stereocenters. The molecule has 1 aromatic carbocycles. The Morgan fingerprint density at radius 2 is 2.04 bits per heavy atom. The second kappa shape index (κ2) is 5.22. The van der Waals surface area contributed by atoms with Crippen LogP contribution in [0.15, 0.2) is 36.4 Å². The Morgan fingerprint density at radius 3 is 2.78 bits per heavy atom. The first-order chi connectivity index (χ1) is 11.0. The Hall–Kier alpha value is -2.10. The number of amides is 1. The van der Waals surface area contributed by atoms with Gasteiger partial charge in [-0.2, -0.15) is 5.10 Å². The smallest absolute Gasteiger partial charge is 0.274 e. The van der Waals surface area contributed by atoms with Gasteiger partial charge in [-0.15, -0.1) is 0 Å². The molecule has 2 aromatic rings. The molecule has 1 saturated heterocycles. The van der Waals surface area contributed by atoms with E-state index in [-0.39, 0.29) is 11.3 Å². The average Bonchev–Trinajstić information content (AvgIpc) is 3.19. The molecule has 120 valence electrons. The van der Waals surface area contributed by atoms with Gasteiger partial charge in [0.25, 0.3) is 5.91 Å². The zero-order chi connectivity index (χ0) is 16.0. The number of aryl methyl sites for hydroxylation is 2. The van der Waals surface area contributed by atoms with Gasteiger partial charge in [0.05, 0.1) is 0 Å². The highest BCUT2D eigenvalue weighted by Crippen LogP contribution is 2.42. The van der Waals surface area contributed by atoms with E-state index in [9.17, 15) is 4.79 Å². The van der Waals surface area contributed by atoms with E-state index >= 15 is 0 Å². The topological polar surface area (TPSA) is 38.1 Å². The minimum absolute atomic E-state index is 0.0819. The number of carbonyl (C=O) groups is 1. The standard InChI is InChI=1S/C19H23N3O/c1-19(2)13-21(12-16(19)14-7-4-3-5-8-14)18(23)17-11-15-9-6-10-22(15)20-17/h3-5,7-8,11,16H,6,9-10,12-13H2,1-2H3. The normalized spacial score (nSPS) is 22.3. The van der Waals surface area contributed by atoms with Gasteiger partial charge in [-0.1, -0.05) is 44.2 Å². The molecule has 2 aliphatic heterocycles. The second-order valence-electron chi connectivity index (χ2n) is 7.49. The van der Waals surface area contributed by atoms with Gasteiger partial charge < -0.3 is 4.90 Å². The summed E-state index contributed by atoms with van der Waals surface area (Å²) in [5.74, 6) is 0.459. The van der Waals surface area contributed by atoms with E-state index in [4.69, 9.17) is 0 Å². The molecule has 0 saturated carbocycles. The Kier molecular flexibility index (Phi) is 3.29. The molecule has 0 N–H and O–H groups in total. The maximum Gasteiger partial charge on any atom is 0.274 e. The first-order valence-electron chi connectivity index (χ1n) is 8.45. The number of nitrogens with zero attached hydrogens (tertiary/aromatic N) is 3. The van der Waals surface area contributed by atoms with Crippen molar-refractivity contribution in [2.24, 2.45) is 5.41 Å². The summed E-state index contributed by atoms with van der Waals surface area (Å²) in [4.78, 5) is 14.8. The van der Waals surface area contributed by atoms with Crippen LogP contribution in [0.25, 0.3) is 0 Å². The molecule has 4 heteroatoms. The zero-order valence-corrected chi connectivity index (χ0v) is 13.8. The molecular weight excluding hydrogens is 286 g/mol. The number of likely N-dealkylation sites (tertiary alicyclic amines) is 1. The van der Waals surface area contributed by atoms with Crippen LogP contribution >= 0.6 is 0 Å². The van der Waals surface area contributed by atoms with Crippen molar-refractivity contribution in [3.05, 3.63) is 53.3 Å². The van der Waals surface area contributed by atoms with Crippen LogP contribution in [0, 0.1) is 5.41 Å². The minimum Gasteiger partial charge on any atom is -0.336 e. The van der Waals surface area contributed by atoms with E-state index in [1.54, 1.807) is 0 Å². The second-order valence-corrected chi connectivity index (χ2v) is 7.49. The number of carbonyl (C=O) groups excluding carboxylic acids is 1. The molecule has 0 radical (unpaired) electrons. The molecule has 2 aliphatic rings. The van der Waals surface area contributed by atoms with Crippen LogP contribution in [0.3, 0.4) is 0 Å². The monoisotopic (exact) mass is 309 g/mol. The van der Waals surface area contributed by atoms with E-state index in [1.165, 1.54) is 11.3 Å². The highest BCUT2D eigenvalue weighted by molar-refractivity contribution is 5.92. The molecule has 4 nitrogen and oxygen atoms in total. The fourth-order valence-corrected chi connectivity index (χ4v) is 4.06. The van der Waals surface area contributed by atoms with E-state index < -0.39 is 0 Å². The summed E-state index contributed by atoms with van der Waals surface area (Å²) < 4.78 is 1.99. The number of fused-ring (bicyclic) bond motifs is 1. The third kappa shape index (κ3) is 2.46. The summed E-state index contributed by atoms with van der Waals surface area (Å²) in [7, 11) is 0. The summed E-state index contributed by atoms with van der Waals surface area (Å²) in [6.07, 6.45) is 2.18. The molecule has 0 bridgehead atoms. The first-order valence-corrected chi connectivity index (χ1v) is 8.45. The average molecular weight is 309 g/mol. The van der Waals surface area contributed by atoms with Crippen LogP contribution in [-0.2, 0) is 13.0 Å². The van der Waals surface area contributed by atoms with Crippen molar-refractivity contribution in [1.82, 2.24) is 14.7 Å². The molecule has 0 aliphatic carbocycles. The van der Waals surface area contributed by atoms with E-state index in [0.29, 0.717) is 11.6 Å². The summed E-state index contributed by atoms with van der Waals surface area (Å²) in [5, 5.41) is 4.51. The minimum atomic E-state index is 0.0819. The zero-order valence-electron chi connectivity index (χ0n) is 13.8. The van der Waals surface area contributed by atoms with Gasteiger partial charge in [0.2, 0.25) is 0 Å². The van der Waals surface area contributed by atoms with Crippen molar-refractivity contribution in [1.29, 1.82) is 0 Å². The highest BCUT2D eigenvalue weighted by Gasteiger charge is 2.42. The van der Waals surface area contributed by atoms with Crippen molar-refractivity contribution in [2.45, 2.75) is 39.2 Å². The predicted octanol–water partition coefficient (Wildman–Crippen LogP) is 3.10. The maximum atomic E-state index is 12.9. The number of rotatable bonds is 2. The van der Waals surface area contributed by atoms with Gasteiger partial charge in [-0.05, 0) is 29.9 Å². The van der Waals surface area contributed by atoms with Gasteiger partial charge in [0.15, 0.2) is 5.69 Å². The Balaban J connectivity index is 1.57. The van der Waals surface area contributed by atoms with Crippen LogP contribution in [0.2, 0.25) is 0 Å². The van der Waals surface area contributed by atoms with Crippen molar-refractivity contribution in [3.8, 4) is 0 Å². The maximum absolute atomic E-state index is 12.9. The molecule has 1 amide bonds. The lowest BCUT2D eigenvalue weighted by molar-refractivity contribution is 0.0771. The van der Waals surface area contributed by atoms with Crippen LogP contribution in [0.1, 0.15) is 47.9 Å². The number of aromatic nitrogens is 2. The van der Waals surface area contributed by atoms with Crippen molar-refractivity contribution in [2.75, 3.05) is 13.1 Å². The van der Waals surface area contributed by atoms with E-state index in [1.807, 2.05) is 21.7 Å². The van der Waals surface area contributed by atoms with Gasteiger partial charge in [-0.3, -0.25) is 9.48 Å². The number of hydrogen-bond acceptors (Lipinski definition) is 2. The molecule has 4 rings (SSSR count). The lowest BCUT2D eigenvalue weighted by atomic mass is 9.78. The van der Waals surface area contributed by atoms with Gasteiger partial charge in [0, 0.05) is 31.2 Å². The highest BCUT2D eigenvalue weighted by atomic mass is 16.2. The molecule has 23 heavy (non-hydrogen) atoms. The van der Waals surface area contributed by atoms with Crippen LogP contribution in [0.5, 0.6) is 0 Å². The predicted molar refractivity (Wildman–Crippen MR) is 89.4 cm³/mol. The number of benzene rings is 1. The van der Waals surface area contributed by atoms with Gasteiger partial charge in [0.1, 0.15) is 0 Å². The summed E-state index contributed by atoms with van der Waals surface area (Å²) in [6.45, 7) is 7.02. The fourth-order valence-electron chi connectivity index (χ4n) is 4.06. The Bertz CT molecular complexity index is 711. The molecule has 1 unspecified atom stereocenters. The van der Waals surface area contributed by atoms with Crippen LogP contribution in [0.4, 0.5) is 0 Å². The SMILES string of the molecule is CC1(C)CN(C(=O)c2cc3n(n2)CCC3)CC1c1ccccc1. The fraction of sp³-hybridized carbons (Fsp3) is 0.474. The van der Waals surface area contributed by atoms with Crippen LogP contribution < -0.4 is 0 Å². The lowest BCUT2D eigenvalue weighted by Crippen LogP contribution is -2.30. The summed E-state index contributed by atoms with van der Waals surface area (Å²) in [5.41, 5.74) is 3.22. The van der Waals surface area contributed by atoms with E-state index in [2.05, 4.69) is 43.2 Å². The van der Waals surface area contributed by atoms with Crippen molar-refractivity contribution in [3.63, 3.8) is 0 Å². The quantitative estimate of drug-likeness (QED) is 0.855. The summed E-state index contributed by atoms with van der Waals surface area (Å²) >= 11 is 0. The van der Waals surface area contributed by atoms with Crippen molar-refractivity contribution >= 4 is 5.91 Å². The third-order valence-corrected chi connectivity index (χ3v) is 5.32. The van der Waals surface area contributed by atoms with Crippen molar-refractivity contribution < 1.29 is 4.79 Å².